The SMILES string of the molecule is [2H]c1oc(C(=O)N2C([2H])([2H])C([2H])([2H])N(c3nc(N)c4c([2H])c(OC([2H])([2H])[2H])c(OC([2H])([2H])[2H])c([2H])c4n3)C([2H])([2H])C2([2H])[2H])c([2H])c1[2H]. The summed E-state index contributed by atoms with van der Waals surface area (Å²) in [7, 11) is -6.69. The Kier molecular flexibility index (Phi) is 1.62. The number of methoxy groups -OCH3 is 2. The van der Waals surface area contributed by atoms with Crippen LogP contribution in [0.25, 0.3) is 10.9 Å². The van der Waals surface area contributed by atoms with Crippen LogP contribution in [-0.2, 0) is 0 Å². The molecule has 0 bridgehead atoms. The van der Waals surface area contributed by atoms with E-state index in [-0.39, 0.29) is 4.90 Å². The number of amides is 1. The van der Waals surface area contributed by atoms with Gasteiger partial charge in [0.2, 0.25) is 5.95 Å². The van der Waals surface area contributed by atoms with Crippen LogP contribution in [0.3, 0.4) is 0 Å². The number of piperazine rings is 1. The minimum atomic E-state index is -3.92. The van der Waals surface area contributed by atoms with Crippen LogP contribution < -0.4 is 20.1 Å². The largest absolute Gasteiger partial charge is 0.493 e. The van der Waals surface area contributed by atoms with E-state index in [9.17, 15) is 4.79 Å². The number of nitrogens with two attached hydrogens (primary N) is 1. The second kappa shape index (κ2) is 7.26. The third kappa shape index (κ3) is 3.15. The van der Waals surface area contributed by atoms with E-state index < -0.39 is 121 Å². The number of ether oxygens (including phenoxy) is 2. The maximum Gasteiger partial charge on any atom is 0.289 e. The molecule has 2 N–H and O–H groups in total. The Bertz CT molecular complexity index is 1760. The number of aromatic nitrogens is 2. The average Bonchev–Trinajstić information content (AvgIpc) is 3.13. The predicted molar refractivity (Wildman–Crippen MR) is 104 cm³/mol. The number of anilines is 2. The summed E-state index contributed by atoms with van der Waals surface area (Å²) in [6.45, 7) is -15.6. The molecule has 2 aromatic heterocycles. The van der Waals surface area contributed by atoms with Gasteiger partial charge in [-0.25, -0.2) is 4.98 Å². The van der Waals surface area contributed by atoms with E-state index in [4.69, 9.17) is 45.7 Å². The molecule has 0 atom stereocenters. The van der Waals surface area contributed by atoms with Crippen LogP contribution in [0, 0.1) is 0 Å². The number of furan rings is 1. The fourth-order valence-corrected chi connectivity index (χ4v) is 2.10. The van der Waals surface area contributed by atoms with Crippen molar-refractivity contribution in [2.24, 2.45) is 0 Å². The first-order valence-corrected chi connectivity index (χ1v) is 7.20. The summed E-state index contributed by atoms with van der Waals surface area (Å²) in [5.74, 6) is -7.69. The number of benzene rings is 1. The molecule has 1 aliphatic rings. The van der Waals surface area contributed by atoms with Crippen molar-refractivity contribution in [1.29, 1.82) is 0 Å². The summed E-state index contributed by atoms with van der Waals surface area (Å²) in [4.78, 5) is 19.9. The maximum atomic E-state index is 13.3. The van der Waals surface area contributed by atoms with Gasteiger partial charge in [0.25, 0.3) is 5.91 Å². The Morgan fingerprint density at radius 3 is 2.68 bits per heavy atom. The molecule has 1 saturated heterocycles. The van der Waals surface area contributed by atoms with Gasteiger partial charge in [0.05, 0.1) is 50.5 Å². The summed E-state index contributed by atoms with van der Waals surface area (Å²) in [6, 6.07) is -4.21. The molecule has 1 aromatic carbocycles. The van der Waals surface area contributed by atoms with Gasteiger partial charge >= 0.3 is 0 Å². The van der Waals surface area contributed by atoms with Crippen molar-refractivity contribution in [3.8, 4) is 11.5 Å². The number of nitrogens with zero attached hydrogens (tertiary/aromatic N) is 4. The Morgan fingerprint density at radius 2 is 2.00 bits per heavy atom. The summed E-state index contributed by atoms with van der Waals surface area (Å²) in [6.07, 6.45) is -1.04. The number of carbonyl (C=O) groups excluding carboxylic acids is 1. The molecule has 3 heterocycles. The van der Waals surface area contributed by atoms with Crippen molar-refractivity contribution < 1.29 is 44.7 Å². The smallest absolute Gasteiger partial charge is 0.289 e. The summed E-state index contributed by atoms with van der Waals surface area (Å²) in [5.41, 5.74) is 5.06. The molecule has 1 aliphatic heterocycles. The second-order valence-electron chi connectivity index (χ2n) is 4.95. The van der Waals surface area contributed by atoms with Crippen LogP contribution in [0.5, 0.6) is 11.5 Å². The number of hydrogen-bond donors (Lipinski definition) is 1. The summed E-state index contributed by atoms with van der Waals surface area (Å²) < 4.78 is 167. The molecule has 4 rings (SSSR count). The standard InChI is InChI=1S/C19H21N5O4/c1-26-15-10-12-13(11-16(15)27-2)21-19(22-17(12)20)24-7-5-23(6-8-24)18(25)14-4-3-9-28-14/h3-4,9-11H,5-8H2,1-2H3,(H2,20,21,22)/i1D3,2D3,3D,4D,5D2,6D2,7D2,8D2,9D,10D,11D. The van der Waals surface area contributed by atoms with Gasteiger partial charge in [0, 0.05) is 37.4 Å². The Hall–Kier alpha value is -3.49. The van der Waals surface area contributed by atoms with Crippen molar-refractivity contribution >= 4 is 28.6 Å². The third-order valence-electron chi connectivity index (χ3n) is 3.33. The van der Waals surface area contributed by atoms with Gasteiger partial charge in [0.15, 0.2) is 17.3 Å². The lowest BCUT2D eigenvalue weighted by molar-refractivity contribution is 0.0714. The molecule has 0 aliphatic carbocycles. The number of hydrogen-bond acceptors (Lipinski definition) is 8. The topological polar surface area (TPSA) is 107 Å². The lowest BCUT2D eigenvalue weighted by Crippen LogP contribution is -2.49. The zero-order valence-corrected chi connectivity index (χ0v) is 13.5. The van der Waals surface area contributed by atoms with Crippen molar-refractivity contribution in [1.82, 2.24) is 14.9 Å². The number of fused-ring (bicyclic) bond motifs is 1. The molecule has 3 aromatic rings. The van der Waals surface area contributed by atoms with Gasteiger partial charge in [0.1, 0.15) is 7.19 Å². The highest BCUT2D eigenvalue weighted by molar-refractivity contribution is 5.92. The molecular weight excluding hydrogens is 362 g/mol. The molecule has 1 amide bonds. The van der Waals surface area contributed by atoms with E-state index >= 15 is 0 Å². The summed E-state index contributed by atoms with van der Waals surface area (Å²) in [5, 5.41) is -0.699. The molecule has 0 spiro atoms. The van der Waals surface area contributed by atoms with Crippen molar-refractivity contribution in [2.45, 2.75) is 0 Å². The molecule has 9 nitrogen and oxygen atoms in total. The van der Waals surface area contributed by atoms with Crippen LogP contribution in [0.4, 0.5) is 11.8 Å². The first kappa shape index (κ1) is 6.26. The van der Waals surface area contributed by atoms with Gasteiger partial charge in [-0.3, -0.25) is 4.79 Å². The summed E-state index contributed by atoms with van der Waals surface area (Å²) >= 11 is 0. The Balaban J connectivity index is 2.01. The van der Waals surface area contributed by atoms with E-state index in [2.05, 4.69) is 9.97 Å². The van der Waals surface area contributed by atoms with Crippen molar-refractivity contribution in [2.75, 3.05) is 50.7 Å². The fraction of sp³-hybridized carbons (Fsp3) is 0.316. The monoisotopic (exact) mass is 402 g/mol. The molecule has 1 fully saturated rings. The van der Waals surface area contributed by atoms with E-state index in [0.717, 1.165) is 0 Å². The lowest BCUT2D eigenvalue weighted by Gasteiger charge is -2.34. The number of rotatable bonds is 4. The van der Waals surface area contributed by atoms with Gasteiger partial charge in [-0.15, -0.1) is 0 Å². The average molecular weight is 403 g/mol. The highest BCUT2D eigenvalue weighted by Crippen LogP contribution is 2.34. The van der Waals surface area contributed by atoms with Gasteiger partial charge in [-0.2, -0.15) is 4.98 Å². The number of nitrogen functional groups attached to an aromatic ring is 1. The van der Waals surface area contributed by atoms with Crippen LogP contribution in [0.2, 0.25) is 0 Å². The molecule has 146 valence electrons. The first-order chi connectivity index (χ1) is 21.0. The predicted octanol–water partition coefficient (Wildman–Crippen LogP) is 1.78. The molecular formula is C19H21N5O4. The number of carbonyl (C=O) groups is 1. The first-order valence-electron chi connectivity index (χ1n) is 16.7. The highest BCUT2D eigenvalue weighted by atomic mass is 16.5. The van der Waals surface area contributed by atoms with Crippen molar-refractivity contribution in [3.05, 3.63) is 36.2 Å². The second-order valence-corrected chi connectivity index (χ2v) is 4.95. The Morgan fingerprint density at radius 1 is 1.25 bits per heavy atom. The van der Waals surface area contributed by atoms with Crippen molar-refractivity contribution in [3.63, 3.8) is 0 Å². The molecule has 0 unspecified atom stereocenters. The quantitative estimate of drug-likeness (QED) is 0.704. The zero-order chi connectivity index (χ0) is 36.2. The molecule has 9 heteroatoms. The molecule has 0 radical (unpaired) electrons. The van der Waals surface area contributed by atoms with Gasteiger partial charge < -0.3 is 29.4 Å². The Labute approximate surface area is 188 Å². The molecule has 0 saturated carbocycles. The third-order valence-corrected chi connectivity index (χ3v) is 3.33. The highest BCUT2D eigenvalue weighted by Gasteiger charge is 2.25. The normalized spacial score (nSPS) is 32.4. The lowest BCUT2D eigenvalue weighted by atomic mass is 10.2. The zero-order valence-electron chi connectivity index (χ0n) is 32.5. The van der Waals surface area contributed by atoms with Crippen LogP contribution >= 0.6 is 0 Å². The van der Waals surface area contributed by atoms with Crippen LogP contribution in [0.15, 0.2) is 34.8 Å². The van der Waals surface area contributed by atoms with E-state index in [1.165, 1.54) is 0 Å². The minimum absolute atomic E-state index is 0.296. The van der Waals surface area contributed by atoms with E-state index in [1.807, 2.05) is 0 Å². The van der Waals surface area contributed by atoms with Gasteiger partial charge in [-0.1, -0.05) is 0 Å². The maximum absolute atomic E-state index is 13.3. The van der Waals surface area contributed by atoms with E-state index in [0.29, 0.717) is 0 Å². The van der Waals surface area contributed by atoms with Crippen LogP contribution in [0.1, 0.15) is 36.6 Å². The van der Waals surface area contributed by atoms with E-state index in [1.54, 1.807) is 0 Å². The van der Waals surface area contributed by atoms with Crippen LogP contribution in [-0.4, -0.2) is 60.8 Å². The minimum Gasteiger partial charge on any atom is -0.493 e. The molecule has 28 heavy (non-hydrogen) atoms. The fourth-order valence-electron chi connectivity index (χ4n) is 2.10. The van der Waals surface area contributed by atoms with Gasteiger partial charge in [-0.05, 0) is 18.1 Å².